The third kappa shape index (κ3) is 3.22. The van der Waals surface area contributed by atoms with E-state index in [-0.39, 0.29) is 0 Å². The molecule has 0 bridgehead atoms. The van der Waals surface area contributed by atoms with Gasteiger partial charge in [-0.05, 0) is 36.5 Å². The van der Waals surface area contributed by atoms with Crippen molar-refractivity contribution in [2.75, 3.05) is 11.9 Å². The second-order valence-corrected chi connectivity index (χ2v) is 5.90. The molecule has 1 saturated carbocycles. The summed E-state index contributed by atoms with van der Waals surface area (Å²) in [6, 6.07) is 8.82. The maximum absolute atomic E-state index is 9.32. The lowest BCUT2D eigenvalue weighted by Gasteiger charge is -2.36. The van der Waals surface area contributed by atoms with Gasteiger partial charge in [0.1, 0.15) is 6.07 Å². The molecule has 0 aromatic heterocycles. The van der Waals surface area contributed by atoms with Crippen molar-refractivity contribution in [2.45, 2.75) is 44.5 Å². The molecule has 1 aliphatic carbocycles. The fourth-order valence-electron chi connectivity index (χ4n) is 3.01. The zero-order chi connectivity index (χ0) is 13.8. The Balaban J connectivity index is 2.23. The highest BCUT2D eigenvalue weighted by Crippen LogP contribution is 2.31. The average Bonchev–Trinajstić information content (AvgIpc) is 2.45. The van der Waals surface area contributed by atoms with E-state index in [4.69, 9.17) is 11.6 Å². The number of benzene rings is 1. The monoisotopic (exact) mass is 276 g/mol. The highest BCUT2D eigenvalue weighted by molar-refractivity contribution is 6.17. The van der Waals surface area contributed by atoms with E-state index in [0.29, 0.717) is 11.9 Å². The normalized spacial score (nSPS) is 22.8. The molecule has 0 spiro atoms. The highest BCUT2D eigenvalue weighted by Gasteiger charge is 2.23. The Labute approximate surface area is 121 Å². The fraction of sp³-hybridized carbons (Fsp3) is 0.562. The lowest BCUT2D eigenvalue weighted by molar-refractivity contribution is 0.336. The molecule has 102 valence electrons. The van der Waals surface area contributed by atoms with Gasteiger partial charge in [0.25, 0.3) is 0 Å². The summed E-state index contributed by atoms with van der Waals surface area (Å²) in [6.45, 7) is 2.32. The van der Waals surface area contributed by atoms with Gasteiger partial charge in [-0.15, -0.1) is 11.6 Å². The molecule has 2 atom stereocenters. The second kappa shape index (κ2) is 6.30. The van der Waals surface area contributed by atoms with Gasteiger partial charge in [-0.1, -0.05) is 25.8 Å². The molecule has 1 aliphatic rings. The van der Waals surface area contributed by atoms with E-state index >= 15 is 0 Å². The van der Waals surface area contributed by atoms with Crippen LogP contribution in [0.5, 0.6) is 0 Å². The molecule has 0 saturated heterocycles. The molecule has 0 amide bonds. The van der Waals surface area contributed by atoms with E-state index < -0.39 is 0 Å². The van der Waals surface area contributed by atoms with Gasteiger partial charge in [0.15, 0.2) is 0 Å². The molecule has 1 aromatic carbocycles. The van der Waals surface area contributed by atoms with Crippen molar-refractivity contribution >= 4 is 17.3 Å². The first-order valence-corrected chi connectivity index (χ1v) is 7.51. The van der Waals surface area contributed by atoms with E-state index in [9.17, 15) is 5.26 Å². The molecule has 2 unspecified atom stereocenters. The summed E-state index contributed by atoms with van der Waals surface area (Å²) in [5, 5.41) is 9.32. The first-order chi connectivity index (χ1) is 9.15. The Hall–Kier alpha value is -1.20. The number of nitrogens with zero attached hydrogens (tertiary/aromatic N) is 2. The largest absolute Gasteiger partial charge is 0.371 e. The lowest BCUT2D eigenvalue weighted by Crippen LogP contribution is -2.36. The van der Waals surface area contributed by atoms with Crippen LogP contribution in [-0.4, -0.2) is 13.1 Å². The maximum atomic E-state index is 9.32. The number of hydrogen-bond donors (Lipinski definition) is 0. The molecule has 1 aromatic rings. The summed E-state index contributed by atoms with van der Waals surface area (Å²) >= 11 is 5.83. The third-order valence-electron chi connectivity index (χ3n) is 4.17. The van der Waals surface area contributed by atoms with Gasteiger partial charge < -0.3 is 4.90 Å². The minimum atomic E-state index is 0.457. The summed E-state index contributed by atoms with van der Waals surface area (Å²) < 4.78 is 0. The zero-order valence-electron chi connectivity index (χ0n) is 11.7. The van der Waals surface area contributed by atoms with E-state index in [1.165, 1.54) is 25.7 Å². The molecule has 2 nitrogen and oxygen atoms in total. The van der Waals surface area contributed by atoms with Crippen LogP contribution in [0.3, 0.4) is 0 Å². The standard InChI is InChI=1S/C16H21ClN2/c1-12-4-3-5-15(8-12)19(2)16-7-6-13(10-17)9-14(16)11-18/h6-7,9,12,15H,3-5,8,10H2,1-2H3. The van der Waals surface area contributed by atoms with Crippen molar-refractivity contribution in [2.24, 2.45) is 5.92 Å². The molecule has 0 N–H and O–H groups in total. The van der Waals surface area contributed by atoms with Gasteiger partial charge in [-0.3, -0.25) is 0 Å². The summed E-state index contributed by atoms with van der Waals surface area (Å²) in [5.41, 5.74) is 2.78. The Morgan fingerprint density at radius 3 is 2.84 bits per heavy atom. The van der Waals surface area contributed by atoms with Crippen LogP contribution in [0.1, 0.15) is 43.7 Å². The maximum Gasteiger partial charge on any atom is 0.101 e. The lowest BCUT2D eigenvalue weighted by atomic mass is 9.86. The van der Waals surface area contributed by atoms with Crippen LogP contribution in [0, 0.1) is 17.2 Å². The summed E-state index contributed by atoms with van der Waals surface area (Å²) in [4.78, 5) is 2.28. The molecular formula is C16H21ClN2. The van der Waals surface area contributed by atoms with Crippen molar-refractivity contribution in [3.63, 3.8) is 0 Å². The molecule has 2 rings (SSSR count). The van der Waals surface area contributed by atoms with E-state index in [1.54, 1.807) is 0 Å². The molecule has 3 heteroatoms. The van der Waals surface area contributed by atoms with E-state index in [1.807, 2.05) is 18.2 Å². The van der Waals surface area contributed by atoms with Crippen LogP contribution >= 0.6 is 11.6 Å². The van der Waals surface area contributed by atoms with Gasteiger partial charge >= 0.3 is 0 Å². The molecule has 19 heavy (non-hydrogen) atoms. The number of halogens is 1. The molecular weight excluding hydrogens is 256 g/mol. The minimum absolute atomic E-state index is 0.457. The van der Waals surface area contributed by atoms with Crippen molar-refractivity contribution in [1.29, 1.82) is 5.26 Å². The molecule has 0 radical (unpaired) electrons. The zero-order valence-corrected chi connectivity index (χ0v) is 12.5. The van der Waals surface area contributed by atoms with Gasteiger partial charge in [0, 0.05) is 19.0 Å². The number of alkyl halides is 1. The molecule has 1 fully saturated rings. The fourth-order valence-corrected chi connectivity index (χ4v) is 3.18. The summed E-state index contributed by atoms with van der Waals surface area (Å²) in [5.74, 6) is 1.24. The number of hydrogen-bond acceptors (Lipinski definition) is 2. The van der Waals surface area contributed by atoms with Gasteiger partial charge in [0.05, 0.1) is 11.3 Å². The van der Waals surface area contributed by atoms with Crippen LogP contribution in [0.4, 0.5) is 5.69 Å². The Bertz CT molecular complexity index is 478. The van der Waals surface area contributed by atoms with Crippen LogP contribution in [0.25, 0.3) is 0 Å². The molecule has 0 heterocycles. The van der Waals surface area contributed by atoms with Gasteiger partial charge in [-0.2, -0.15) is 5.26 Å². The van der Waals surface area contributed by atoms with Gasteiger partial charge in [-0.25, -0.2) is 0 Å². The van der Waals surface area contributed by atoms with Crippen LogP contribution < -0.4 is 4.90 Å². The highest BCUT2D eigenvalue weighted by atomic mass is 35.5. The van der Waals surface area contributed by atoms with E-state index in [2.05, 4.69) is 24.9 Å². The third-order valence-corrected chi connectivity index (χ3v) is 4.48. The minimum Gasteiger partial charge on any atom is -0.371 e. The topological polar surface area (TPSA) is 27.0 Å². The number of rotatable bonds is 3. The first kappa shape index (κ1) is 14.2. The Kier molecular flexibility index (Phi) is 4.71. The van der Waals surface area contributed by atoms with Gasteiger partial charge in [0.2, 0.25) is 0 Å². The van der Waals surface area contributed by atoms with Crippen molar-refractivity contribution in [3.8, 4) is 6.07 Å². The smallest absolute Gasteiger partial charge is 0.101 e. The second-order valence-electron chi connectivity index (χ2n) is 5.63. The van der Waals surface area contributed by atoms with Crippen molar-refractivity contribution in [3.05, 3.63) is 29.3 Å². The van der Waals surface area contributed by atoms with E-state index in [0.717, 1.165) is 22.7 Å². The van der Waals surface area contributed by atoms with Crippen LogP contribution in [0.2, 0.25) is 0 Å². The average molecular weight is 277 g/mol. The summed E-state index contributed by atoms with van der Waals surface area (Å²) in [6.07, 6.45) is 5.07. The number of nitriles is 1. The number of anilines is 1. The first-order valence-electron chi connectivity index (χ1n) is 6.97. The van der Waals surface area contributed by atoms with Crippen LogP contribution in [-0.2, 0) is 5.88 Å². The van der Waals surface area contributed by atoms with Crippen LogP contribution in [0.15, 0.2) is 18.2 Å². The Morgan fingerprint density at radius 1 is 1.42 bits per heavy atom. The summed E-state index contributed by atoms with van der Waals surface area (Å²) in [7, 11) is 2.11. The Morgan fingerprint density at radius 2 is 2.21 bits per heavy atom. The SMILES string of the molecule is CC1CCCC(N(C)c2ccc(CCl)cc2C#N)C1. The van der Waals surface area contributed by atoms with Crippen molar-refractivity contribution < 1.29 is 0 Å². The van der Waals surface area contributed by atoms with Crippen molar-refractivity contribution in [1.82, 2.24) is 0 Å². The predicted octanol–water partition coefficient (Wildman–Crippen LogP) is 4.31. The predicted molar refractivity (Wildman–Crippen MR) is 80.5 cm³/mol. The quantitative estimate of drug-likeness (QED) is 0.769. The molecule has 0 aliphatic heterocycles.